The molecule has 1 aliphatic heterocycles. The maximum Gasteiger partial charge on any atom is 0.128 e. The number of benzene rings is 1. The maximum absolute atomic E-state index is 4.50. The Labute approximate surface area is 153 Å². The Morgan fingerprint density at radius 1 is 0.920 bits per heavy atom. The number of piperazine rings is 1. The second kappa shape index (κ2) is 7.81. The van der Waals surface area contributed by atoms with Crippen LogP contribution >= 0.6 is 11.3 Å². The molecule has 1 aromatic carbocycles. The third-order valence-electron chi connectivity index (χ3n) is 4.93. The molecule has 0 bridgehead atoms. The summed E-state index contributed by atoms with van der Waals surface area (Å²) in [4.78, 5) is 9.53. The van der Waals surface area contributed by atoms with Gasteiger partial charge in [-0.3, -0.25) is 4.90 Å². The van der Waals surface area contributed by atoms with E-state index in [4.69, 9.17) is 0 Å². The van der Waals surface area contributed by atoms with Crippen LogP contribution in [0.3, 0.4) is 0 Å². The van der Waals surface area contributed by atoms with Gasteiger partial charge in [0.2, 0.25) is 0 Å². The topological polar surface area (TPSA) is 19.4 Å². The van der Waals surface area contributed by atoms with E-state index in [0.29, 0.717) is 6.04 Å². The van der Waals surface area contributed by atoms with E-state index in [1.807, 2.05) is 12.3 Å². The molecule has 3 aromatic rings. The van der Waals surface area contributed by atoms with Crippen molar-refractivity contribution < 1.29 is 0 Å². The number of aromatic nitrogens is 1. The standard InChI is InChI=1S/C21H23N3S/c1-2-6-18(7-3-1)16-20(19-9-15-25-17-19)23-11-13-24(14-12-23)21-8-4-5-10-22-21/h1-10,15,17,20H,11-14,16H2. The van der Waals surface area contributed by atoms with E-state index in [-0.39, 0.29) is 0 Å². The second-order valence-corrected chi connectivity index (χ2v) is 7.25. The fourth-order valence-electron chi connectivity index (χ4n) is 3.56. The first kappa shape index (κ1) is 16.3. The fraction of sp³-hybridized carbons (Fsp3) is 0.286. The molecule has 3 nitrogen and oxygen atoms in total. The van der Waals surface area contributed by atoms with Gasteiger partial charge in [0, 0.05) is 38.4 Å². The molecule has 1 saturated heterocycles. The smallest absolute Gasteiger partial charge is 0.128 e. The quantitative estimate of drug-likeness (QED) is 0.686. The summed E-state index contributed by atoms with van der Waals surface area (Å²) >= 11 is 1.79. The van der Waals surface area contributed by atoms with Crippen LogP contribution < -0.4 is 4.90 Å². The molecule has 128 valence electrons. The van der Waals surface area contributed by atoms with Gasteiger partial charge in [-0.2, -0.15) is 11.3 Å². The van der Waals surface area contributed by atoms with Crippen molar-refractivity contribution in [2.24, 2.45) is 0 Å². The first-order chi connectivity index (χ1) is 12.4. The summed E-state index contributed by atoms with van der Waals surface area (Å²) in [6.45, 7) is 4.22. The SMILES string of the molecule is c1ccc(CC(c2ccsc2)N2CCN(c3ccccn3)CC2)cc1. The molecule has 1 unspecified atom stereocenters. The summed E-state index contributed by atoms with van der Waals surface area (Å²) in [6, 6.07) is 19.7. The average molecular weight is 350 g/mol. The normalized spacial score (nSPS) is 16.7. The third-order valence-corrected chi connectivity index (χ3v) is 5.63. The molecule has 2 aromatic heterocycles. The summed E-state index contributed by atoms with van der Waals surface area (Å²) in [6.07, 6.45) is 2.95. The highest BCUT2D eigenvalue weighted by Gasteiger charge is 2.26. The summed E-state index contributed by atoms with van der Waals surface area (Å²) in [5, 5.41) is 4.50. The Bertz CT molecular complexity index is 750. The van der Waals surface area contributed by atoms with Gasteiger partial charge in [-0.05, 0) is 46.5 Å². The minimum absolute atomic E-state index is 0.458. The van der Waals surface area contributed by atoms with Crippen molar-refractivity contribution >= 4 is 17.2 Å². The number of hydrogen-bond acceptors (Lipinski definition) is 4. The van der Waals surface area contributed by atoms with Crippen molar-refractivity contribution in [1.29, 1.82) is 0 Å². The van der Waals surface area contributed by atoms with E-state index in [0.717, 1.165) is 38.4 Å². The summed E-state index contributed by atoms with van der Waals surface area (Å²) < 4.78 is 0. The van der Waals surface area contributed by atoms with Gasteiger partial charge in [0.15, 0.2) is 0 Å². The number of hydrogen-bond donors (Lipinski definition) is 0. The molecule has 25 heavy (non-hydrogen) atoms. The largest absolute Gasteiger partial charge is 0.354 e. The monoisotopic (exact) mass is 349 g/mol. The lowest BCUT2D eigenvalue weighted by Crippen LogP contribution is -2.48. The van der Waals surface area contributed by atoms with E-state index in [1.165, 1.54) is 11.1 Å². The van der Waals surface area contributed by atoms with Gasteiger partial charge in [0.1, 0.15) is 5.82 Å². The van der Waals surface area contributed by atoms with Crippen LogP contribution in [0.4, 0.5) is 5.82 Å². The Kier molecular flexibility index (Phi) is 5.09. The van der Waals surface area contributed by atoms with Crippen molar-refractivity contribution in [3.8, 4) is 0 Å². The first-order valence-electron chi connectivity index (χ1n) is 8.86. The van der Waals surface area contributed by atoms with Crippen LogP contribution in [0.2, 0.25) is 0 Å². The number of thiophene rings is 1. The maximum atomic E-state index is 4.50. The summed E-state index contributed by atoms with van der Waals surface area (Å²) in [5.41, 5.74) is 2.85. The minimum atomic E-state index is 0.458. The van der Waals surface area contributed by atoms with E-state index in [9.17, 15) is 0 Å². The van der Waals surface area contributed by atoms with Crippen LogP contribution in [0.25, 0.3) is 0 Å². The Morgan fingerprint density at radius 3 is 2.40 bits per heavy atom. The lowest BCUT2D eigenvalue weighted by Gasteiger charge is -2.39. The Hall–Kier alpha value is -2.17. The highest BCUT2D eigenvalue weighted by molar-refractivity contribution is 7.07. The van der Waals surface area contributed by atoms with Crippen LogP contribution in [0.5, 0.6) is 0 Å². The molecular weight excluding hydrogens is 326 g/mol. The highest BCUT2D eigenvalue weighted by Crippen LogP contribution is 2.28. The number of nitrogens with zero attached hydrogens (tertiary/aromatic N) is 3. The molecular formula is C21H23N3S. The van der Waals surface area contributed by atoms with Gasteiger partial charge in [-0.1, -0.05) is 36.4 Å². The predicted octanol–water partition coefficient (Wildman–Crippen LogP) is 4.25. The fourth-order valence-corrected chi connectivity index (χ4v) is 4.27. The molecule has 3 heterocycles. The van der Waals surface area contributed by atoms with Crippen LogP contribution in [0.15, 0.2) is 71.6 Å². The van der Waals surface area contributed by atoms with E-state index in [1.54, 1.807) is 11.3 Å². The van der Waals surface area contributed by atoms with Crippen molar-refractivity contribution in [2.75, 3.05) is 31.1 Å². The zero-order valence-electron chi connectivity index (χ0n) is 14.3. The van der Waals surface area contributed by atoms with Crippen LogP contribution in [-0.2, 0) is 6.42 Å². The molecule has 1 atom stereocenters. The number of pyridine rings is 1. The van der Waals surface area contributed by atoms with Crippen molar-refractivity contribution in [3.63, 3.8) is 0 Å². The molecule has 4 heteroatoms. The molecule has 1 fully saturated rings. The van der Waals surface area contributed by atoms with Crippen molar-refractivity contribution in [2.45, 2.75) is 12.5 Å². The van der Waals surface area contributed by atoms with Gasteiger partial charge >= 0.3 is 0 Å². The Balaban J connectivity index is 1.47. The number of anilines is 1. The molecule has 4 rings (SSSR count). The summed E-state index contributed by atoms with van der Waals surface area (Å²) in [5.74, 6) is 1.09. The predicted molar refractivity (Wildman–Crippen MR) is 105 cm³/mol. The van der Waals surface area contributed by atoms with Crippen molar-refractivity contribution in [1.82, 2.24) is 9.88 Å². The van der Waals surface area contributed by atoms with Crippen molar-refractivity contribution in [3.05, 3.63) is 82.7 Å². The molecule has 0 amide bonds. The van der Waals surface area contributed by atoms with E-state index >= 15 is 0 Å². The molecule has 0 radical (unpaired) electrons. The Morgan fingerprint density at radius 2 is 1.72 bits per heavy atom. The lowest BCUT2D eigenvalue weighted by atomic mass is 9.99. The summed E-state index contributed by atoms with van der Waals surface area (Å²) in [7, 11) is 0. The highest BCUT2D eigenvalue weighted by atomic mass is 32.1. The zero-order chi connectivity index (χ0) is 16.9. The van der Waals surface area contributed by atoms with E-state index in [2.05, 4.69) is 74.1 Å². The van der Waals surface area contributed by atoms with Crippen LogP contribution in [0, 0.1) is 0 Å². The van der Waals surface area contributed by atoms with Gasteiger partial charge in [-0.15, -0.1) is 0 Å². The molecule has 0 N–H and O–H groups in total. The molecule has 0 spiro atoms. The van der Waals surface area contributed by atoms with Crippen LogP contribution in [0.1, 0.15) is 17.2 Å². The van der Waals surface area contributed by atoms with Gasteiger partial charge in [0.25, 0.3) is 0 Å². The zero-order valence-corrected chi connectivity index (χ0v) is 15.1. The first-order valence-corrected chi connectivity index (χ1v) is 9.80. The molecule has 1 aliphatic rings. The van der Waals surface area contributed by atoms with Gasteiger partial charge in [0.05, 0.1) is 0 Å². The third kappa shape index (κ3) is 3.91. The van der Waals surface area contributed by atoms with Gasteiger partial charge in [-0.25, -0.2) is 4.98 Å². The van der Waals surface area contributed by atoms with E-state index < -0.39 is 0 Å². The van der Waals surface area contributed by atoms with Gasteiger partial charge < -0.3 is 4.90 Å². The average Bonchev–Trinajstić information content (AvgIpc) is 3.22. The molecule has 0 aliphatic carbocycles. The van der Waals surface area contributed by atoms with Crippen LogP contribution in [-0.4, -0.2) is 36.1 Å². The second-order valence-electron chi connectivity index (χ2n) is 6.47. The minimum Gasteiger partial charge on any atom is -0.354 e. The molecule has 0 saturated carbocycles. The lowest BCUT2D eigenvalue weighted by molar-refractivity contribution is 0.184. The number of rotatable bonds is 5.